The van der Waals surface area contributed by atoms with Crippen LogP contribution >= 0.6 is 0 Å². The summed E-state index contributed by atoms with van der Waals surface area (Å²) in [6.07, 6.45) is -0.444. The first-order valence-corrected chi connectivity index (χ1v) is 11.2. The average Bonchev–Trinajstić information content (AvgIpc) is 3.18. The molecular formula is C27H26N2O5. The van der Waals surface area contributed by atoms with Gasteiger partial charge in [0.25, 0.3) is 0 Å². The lowest BCUT2D eigenvalue weighted by Gasteiger charge is -2.20. The Hall–Kier alpha value is -4.13. The molecule has 0 aromatic heterocycles. The van der Waals surface area contributed by atoms with Crippen molar-refractivity contribution in [3.8, 4) is 11.1 Å². The number of hydrogen-bond acceptors (Lipinski definition) is 4. The van der Waals surface area contributed by atoms with Crippen LogP contribution in [0, 0.1) is 0 Å². The van der Waals surface area contributed by atoms with Gasteiger partial charge in [-0.3, -0.25) is 9.59 Å². The van der Waals surface area contributed by atoms with Crippen LogP contribution in [0.25, 0.3) is 11.1 Å². The van der Waals surface area contributed by atoms with Gasteiger partial charge < -0.3 is 20.5 Å². The zero-order chi connectivity index (χ0) is 23.9. The number of carbonyl (C=O) groups is 3. The first kappa shape index (κ1) is 23.0. The van der Waals surface area contributed by atoms with Crippen LogP contribution in [0.4, 0.5) is 4.79 Å². The minimum atomic E-state index is -0.957. The molecule has 0 saturated heterocycles. The number of fused-ring (bicyclic) bond motifs is 3. The quantitative estimate of drug-likeness (QED) is 0.416. The van der Waals surface area contributed by atoms with E-state index in [4.69, 9.17) is 9.84 Å². The lowest BCUT2D eigenvalue weighted by atomic mass is 9.98. The number of rotatable bonds is 9. The molecule has 1 aliphatic rings. The highest BCUT2D eigenvalue weighted by atomic mass is 16.5. The molecule has 2 amide bonds. The third kappa shape index (κ3) is 5.26. The van der Waals surface area contributed by atoms with Gasteiger partial charge in [0.2, 0.25) is 5.91 Å². The molecule has 34 heavy (non-hydrogen) atoms. The fraction of sp³-hybridized carbons (Fsp3) is 0.222. The van der Waals surface area contributed by atoms with Crippen LogP contribution in [0.1, 0.15) is 41.5 Å². The Morgan fingerprint density at radius 2 is 1.44 bits per heavy atom. The Balaban J connectivity index is 1.42. The molecule has 0 unspecified atom stereocenters. The molecular weight excluding hydrogens is 432 g/mol. The number of carboxylic acids is 1. The van der Waals surface area contributed by atoms with E-state index in [1.54, 1.807) is 24.3 Å². The summed E-state index contributed by atoms with van der Waals surface area (Å²) in [5.74, 6) is -1.44. The van der Waals surface area contributed by atoms with E-state index in [-0.39, 0.29) is 25.5 Å². The van der Waals surface area contributed by atoms with E-state index in [1.165, 1.54) is 0 Å². The zero-order valence-electron chi connectivity index (χ0n) is 18.6. The second-order valence-electron chi connectivity index (χ2n) is 8.10. The topological polar surface area (TPSA) is 105 Å². The highest BCUT2D eigenvalue weighted by Crippen LogP contribution is 2.44. The van der Waals surface area contributed by atoms with Crippen molar-refractivity contribution < 1.29 is 24.2 Å². The zero-order valence-corrected chi connectivity index (χ0v) is 18.6. The summed E-state index contributed by atoms with van der Waals surface area (Å²) in [4.78, 5) is 36.2. The standard InChI is InChI=1S/C27H26N2O5/c30-24(31)15-8-16-28-26(32)25(18-9-2-1-3-10-18)29-27(33)34-17-23-21-13-6-4-11-19(21)20-12-5-7-14-22(20)23/h1-7,9-14,23,25H,8,15-17H2,(H,28,32)(H,29,33)(H,30,31)/t25-/m0/s1. The lowest BCUT2D eigenvalue weighted by molar-refractivity contribution is -0.137. The van der Waals surface area contributed by atoms with E-state index >= 15 is 0 Å². The van der Waals surface area contributed by atoms with Crippen LogP contribution < -0.4 is 10.6 Å². The fourth-order valence-corrected chi connectivity index (χ4v) is 4.26. The highest BCUT2D eigenvalue weighted by molar-refractivity contribution is 5.87. The van der Waals surface area contributed by atoms with E-state index < -0.39 is 24.0 Å². The molecule has 0 bridgehead atoms. The number of aliphatic carboxylic acids is 1. The Bertz CT molecular complexity index is 1130. The van der Waals surface area contributed by atoms with Crippen LogP contribution in [0.3, 0.4) is 0 Å². The number of carboxylic acid groups (broad SMARTS) is 1. The van der Waals surface area contributed by atoms with Gasteiger partial charge in [-0.25, -0.2) is 4.79 Å². The number of ether oxygens (including phenoxy) is 1. The van der Waals surface area contributed by atoms with Crippen LogP contribution in [-0.4, -0.2) is 36.2 Å². The third-order valence-electron chi connectivity index (χ3n) is 5.87. The molecule has 7 heteroatoms. The Labute approximate surface area is 197 Å². The molecule has 1 atom stereocenters. The molecule has 0 fully saturated rings. The third-order valence-corrected chi connectivity index (χ3v) is 5.87. The van der Waals surface area contributed by atoms with Crippen LogP contribution in [0.5, 0.6) is 0 Å². The van der Waals surface area contributed by atoms with Gasteiger partial charge in [0.1, 0.15) is 12.6 Å². The number of amides is 2. The van der Waals surface area contributed by atoms with Crippen molar-refractivity contribution >= 4 is 18.0 Å². The van der Waals surface area contributed by atoms with Crippen molar-refractivity contribution in [2.45, 2.75) is 24.8 Å². The molecule has 0 radical (unpaired) electrons. The number of alkyl carbamates (subject to hydrolysis) is 1. The summed E-state index contributed by atoms with van der Waals surface area (Å²) in [6.45, 7) is 0.336. The van der Waals surface area contributed by atoms with Gasteiger partial charge in [-0.1, -0.05) is 78.9 Å². The van der Waals surface area contributed by atoms with Gasteiger partial charge >= 0.3 is 12.1 Å². The predicted octanol–water partition coefficient (Wildman–Crippen LogP) is 4.25. The maximum absolute atomic E-state index is 12.8. The minimum Gasteiger partial charge on any atom is -0.481 e. The molecule has 0 aliphatic heterocycles. The van der Waals surface area contributed by atoms with Crippen molar-refractivity contribution in [3.63, 3.8) is 0 Å². The molecule has 174 valence electrons. The van der Waals surface area contributed by atoms with E-state index in [0.717, 1.165) is 22.3 Å². The first-order valence-electron chi connectivity index (χ1n) is 11.2. The highest BCUT2D eigenvalue weighted by Gasteiger charge is 2.30. The summed E-state index contributed by atoms with van der Waals surface area (Å²) >= 11 is 0. The van der Waals surface area contributed by atoms with Gasteiger partial charge in [-0.2, -0.15) is 0 Å². The second kappa shape index (κ2) is 10.7. The number of benzene rings is 3. The van der Waals surface area contributed by atoms with E-state index in [9.17, 15) is 14.4 Å². The smallest absolute Gasteiger partial charge is 0.408 e. The monoisotopic (exact) mass is 458 g/mol. The minimum absolute atomic E-state index is 0.0455. The molecule has 0 spiro atoms. The normalized spacial score (nSPS) is 12.8. The van der Waals surface area contributed by atoms with Crippen LogP contribution in [0.2, 0.25) is 0 Å². The number of carbonyl (C=O) groups excluding carboxylic acids is 2. The SMILES string of the molecule is O=C(O)CCCNC(=O)[C@@H](NC(=O)OCC1c2ccccc2-c2ccccc21)c1ccccc1. The largest absolute Gasteiger partial charge is 0.481 e. The van der Waals surface area contributed by atoms with E-state index in [0.29, 0.717) is 12.0 Å². The van der Waals surface area contributed by atoms with Gasteiger partial charge in [-0.05, 0) is 34.2 Å². The van der Waals surface area contributed by atoms with Crippen molar-refractivity contribution in [1.29, 1.82) is 0 Å². The Morgan fingerprint density at radius 3 is 2.06 bits per heavy atom. The van der Waals surface area contributed by atoms with Crippen LogP contribution in [0.15, 0.2) is 78.9 Å². The molecule has 0 saturated carbocycles. The van der Waals surface area contributed by atoms with Crippen molar-refractivity contribution in [3.05, 3.63) is 95.6 Å². The Kier molecular flexibility index (Phi) is 7.22. The number of nitrogens with one attached hydrogen (secondary N) is 2. The first-order chi connectivity index (χ1) is 16.5. The van der Waals surface area contributed by atoms with Crippen LogP contribution in [-0.2, 0) is 14.3 Å². The molecule has 4 rings (SSSR count). The predicted molar refractivity (Wildman–Crippen MR) is 127 cm³/mol. The molecule has 3 N–H and O–H groups in total. The molecule has 0 heterocycles. The summed E-state index contributed by atoms with van der Waals surface area (Å²) < 4.78 is 5.59. The maximum atomic E-state index is 12.8. The number of hydrogen-bond donors (Lipinski definition) is 3. The van der Waals surface area contributed by atoms with E-state index in [2.05, 4.69) is 22.8 Å². The summed E-state index contributed by atoms with van der Waals surface area (Å²) in [7, 11) is 0. The Morgan fingerprint density at radius 1 is 0.853 bits per heavy atom. The summed E-state index contributed by atoms with van der Waals surface area (Å²) in [5, 5.41) is 14.1. The molecule has 3 aromatic rings. The molecule has 3 aromatic carbocycles. The van der Waals surface area contributed by atoms with Gasteiger partial charge in [-0.15, -0.1) is 0 Å². The van der Waals surface area contributed by atoms with E-state index in [1.807, 2.05) is 42.5 Å². The molecule has 1 aliphatic carbocycles. The average molecular weight is 459 g/mol. The van der Waals surface area contributed by atoms with Gasteiger partial charge in [0, 0.05) is 18.9 Å². The second-order valence-corrected chi connectivity index (χ2v) is 8.10. The van der Waals surface area contributed by atoms with Gasteiger partial charge in [0.05, 0.1) is 0 Å². The lowest BCUT2D eigenvalue weighted by Crippen LogP contribution is -2.41. The fourth-order valence-electron chi connectivity index (χ4n) is 4.26. The van der Waals surface area contributed by atoms with Crippen molar-refractivity contribution in [1.82, 2.24) is 10.6 Å². The van der Waals surface area contributed by atoms with Crippen molar-refractivity contribution in [2.24, 2.45) is 0 Å². The maximum Gasteiger partial charge on any atom is 0.408 e. The summed E-state index contributed by atoms with van der Waals surface area (Å²) in [5.41, 5.74) is 5.08. The van der Waals surface area contributed by atoms with Crippen molar-refractivity contribution in [2.75, 3.05) is 13.2 Å². The summed E-state index contributed by atoms with van der Waals surface area (Å²) in [6, 6.07) is 24.0. The molecule has 7 nitrogen and oxygen atoms in total. The van der Waals surface area contributed by atoms with Gasteiger partial charge in [0.15, 0.2) is 0 Å².